The summed E-state index contributed by atoms with van der Waals surface area (Å²) in [6, 6.07) is 3.58. The molecule has 0 aromatic carbocycles. The van der Waals surface area contributed by atoms with Crippen LogP contribution in [0.15, 0.2) is 22.8 Å². The lowest BCUT2D eigenvalue weighted by molar-refractivity contribution is -0.137. The molecule has 0 saturated carbocycles. The first-order valence-electron chi connectivity index (χ1n) is 6.30. The highest BCUT2D eigenvalue weighted by atomic mass is 16.4. The van der Waals surface area contributed by atoms with Gasteiger partial charge in [0, 0.05) is 26.6 Å². The molecule has 2 heterocycles. The lowest BCUT2D eigenvalue weighted by Crippen LogP contribution is -2.51. The molecule has 1 aromatic heterocycles. The Hall–Kier alpha value is -1.98. The fraction of sp³-hybridized carbons (Fsp3) is 0.538. The van der Waals surface area contributed by atoms with Gasteiger partial charge in [-0.3, -0.25) is 4.79 Å². The van der Waals surface area contributed by atoms with E-state index in [2.05, 4.69) is 0 Å². The zero-order valence-electron chi connectivity index (χ0n) is 10.9. The second-order valence-corrected chi connectivity index (χ2v) is 4.92. The van der Waals surface area contributed by atoms with Crippen LogP contribution in [-0.4, -0.2) is 47.0 Å². The summed E-state index contributed by atoms with van der Waals surface area (Å²) in [5.74, 6) is 0.131. The molecule has 0 spiro atoms. The number of nitrogens with zero attached hydrogens (tertiary/aromatic N) is 2. The Balaban J connectivity index is 1.96. The lowest BCUT2D eigenvalue weighted by Gasteiger charge is -2.37. The van der Waals surface area contributed by atoms with Crippen molar-refractivity contribution in [2.24, 2.45) is 5.92 Å². The predicted molar refractivity (Wildman–Crippen MR) is 67.5 cm³/mol. The molecule has 104 valence electrons. The van der Waals surface area contributed by atoms with E-state index in [4.69, 9.17) is 9.52 Å². The van der Waals surface area contributed by atoms with Gasteiger partial charge in [0.05, 0.1) is 12.8 Å². The van der Waals surface area contributed by atoms with Gasteiger partial charge in [0.15, 0.2) is 0 Å². The molecule has 1 atom stereocenters. The van der Waals surface area contributed by atoms with Crippen LogP contribution < -0.4 is 0 Å². The SMILES string of the molecule is CN1CC(CCC(=O)O)CN(Cc2ccco2)C1=O. The van der Waals surface area contributed by atoms with E-state index in [9.17, 15) is 9.59 Å². The van der Waals surface area contributed by atoms with E-state index in [-0.39, 0.29) is 18.4 Å². The summed E-state index contributed by atoms with van der Waals surface area (Å²) in [5, 5.41) is 8.73. The third kappa shape index (κ3) is 3.49. The monoisotopic (exact) mass is 266 g/mol. The molecule has 1 N–H and O–H groups in total. The second kappa shape index (κ2) is 5.77. The molecule has 1 unspecified atom stereocenters. The van der Waals surface area contributed by atoms with Crippen molar-refractivity contribution in [2.45, 2.75) is 19.4 Å². The van der Waals surface area contributed by atoms with Crippen molar-refractivity contribution in [1.82, 2.24) is 9.80 Å². The van der Waals surface area contributed by atoms with Gasteiger partial charge in [-0.05, 0) is 24.5 Å². The Bertz CT molecular complexity index is 444. The lowest BCUT2D eigenvalue weighted by atomic mass is 10.00. The molecule has 1 fully saturated rings. The van der Waals surface area contributed by atoms with E-state index >= 15 is 0 Å². The van der Waals surface area contributed by atoms with E-state index in [0.717, 1.165) is 5.76 Å². The Morgan fingerprint density at radius 2 is 2.32 bits per heavy atom. The predicted octanol–water partition coefficient (Wildman–Crippen LogP) is 1.63. The molecule has 1 saturated heterocycles. The van der Waals surface area contributed by atoms with Crippen LogP contribution >= 0.6 is 0 Å². The zero-order chi connectivity index (χ0) is 13.8. The fourth-order valence-corrected chi connectivity index (χ4v) is 2.39. The van der Waals surface area contributed by atoms with Crippen molar-refractivity contribution < 1.29 is 19.1 Å². The van der Waals surface area contributed by atoms with Gasteiger partial charge in [-0.1, -0.05) is 0 Å². The largest absolute Gasteiger partial charge is 0.481 e. The average Bonchev–Trinajstić information content (AvgIpc) is 2.85. The van der Waals surface area contributed by atoms with Crippen LogP contribution in [0.25, 0.3) is 0 Å². The summed E-state index contributed by atoms with van der Waals surface area (Å²) in [5.41, 5.74) is 0. The molecule has 1 aliphatic heterocycles. The maximum atomic E-state index is 12.0. The molecule has 6 heteroatoms. The number of aliphatic carboxylic acids is 1. The minimum atomic E-state index is -0.794. The molecule has 1 aromatic rings. The molecular formula is C13H18N2O4. The summed E-state index contributed by atoms with van der Waals surface area (Å²) in [4.78, 5) is 26.0. The van der Waals surface area contributed by atoms with Gasteiger partial charge < -0.3 is 19.3 Å². The number of carbonyl (C=O) groups is 2. The summed E-state index contributed by atoms with van der Waals surface area (Å²) in [7, 11) is 1.74. The number of hydrogen-bond donors (Lipinski definition) is 1. The van der Waals surface area contributed by atoms with Gasteiger partial charge in [-0.15, -0.1) is 0 Å². The Morgan fingerprint density at radius 3 is 2.95 bits per heavy atom. The summed E-state index contributed by atoms with van der Waals surface area (Å²) < 4.78 is 5.25. The highest BCUT2D eigenvalue weighted by molar-refractivity contribution is 5.75. The molecular weight excluding hydrogens is 248 g/mol. The van der Waals surface area contributed by atoms with Crippen molar-refractivity contribution in [3.8, 4) is 0 Å². The van der Waals surface area contributed by atoms with Crippen LogP contribution in [-0.2, 0) is 11.3 Å². The van der Waals surface area contributed by atoms with Crippen LogP contribution in [0, 0.1) is 5.92 Å². The third-order valence-corrected chi connectivity index (χ3v) is 3.30. The number of hydrogen-bond acceptors (Lipinski definition) is 3. The van der Waals surface area contributed by atoms with Crippen molar-refractivity contribution in [3.05, 3.63) is 24.2 Å². The number of urea groups is 1. The van der Waals surface area contributed by atoms with Crippen LogP contribution in [0.1, 0.15) is 18.6 Å². The first kappa shape index (κ1) is 13.5. The molecule has 19 heavy (non-hydrogen) atoms. The highest BCUT2D eigenvalue weighted by Crippen LogP contribution is 2.20. The number of furan rings is 1. The Morgan fingerprint density at radius 1 is 1.53 bits per heavy atom. The van der Waals surface area contributed by atoms with Gasteiger partial charge in [0.25, 0.3) is 0 Å². The summed E-state index contributed by atoms with van der Waals surface area (Å²) in [6.07, 6.45) is 2.30. The van der Waals surface area contributed by atoms with Crippen molar-refractivity contribution in [3.63, 3.8) is 0 Å². The molecule has 0 radical (unpaired) electrons. The van der Waals surface area contributed by atoms with Crippen LogP contribution in [0.2, 0.25) is 0 Å². The van der Waals surface area contributed by atoms with Crippen molar-refractivity contribution >= 4 is 12.0 Å². The number of amides is 2. The van der Waals surface area contributed by atoms with Crippen LogP contribution in [0.5, 0.6) is 0 Å². The van der Waals surface area contributed by atoms with Gasteiger partial charge in [-0.2, -0.15) is 0 Å². The minimum absolute atomic E-state index is 0.0389. The molecule has 0 bridgehead atoms. The first-order chi connectivity index (χ1) is 9.06. The number of carboxylic acids is 1. The standard InChI is InChI=1S/C13H18N2O4/c1-14-7-10(4-5-12(16)17)8-15(13(14)18)9-11-3-2-6-19-11/h2-3,6,10H,4-5,7-9H2,1H3,(H,16,17). The van der Waals surface area contributed by atoms with Crippen molar-refractivity contribution in [2.75, 3.05) is 20.1 Å². The second-order valence-electron chi connectivity index (χ2n) is 4.92. The normalized spacial score (nSPS) is 19.8. The third-order valence-electron chi connectivity index (χ3n) is 3.30. The maximum absolute atomic E-state index is 12.0. The molecule has 6 nitrogen and oxygen atoms in total. The van der Waals surface area contributed by atoms with E-state index in [1.54, 1.807) is 29.2 Å². The fourth-order valence-electron chi connectivity index (χ4n) is 2.39. The van der Waals surface area contributed by atoms with Crippen molar-refractivity contribution in [1.29, 1.82) is 0 Å². The maximum Gasteiger partial charge on any atom is 0.320 e. The van der Waals surface area contributed by atoms with Gasteiger partial charge in [0.2, 0.25) is 0 Å². The first-order valence-corrected chi connectivity index (χ1v) is 6.30. The summed E-state index contributed by atoms with van der Waals surface area (Å²) >= 11 is 0. The summed E-state index contributed by atoms with van der Waals surface area (Å²) in [6.45, 7) is 1.62. The van der Waals surface area contributed by atoms with Gasteiger partial charge in [-0.25, -0.2) is 4.79 Å². The van der Waals surface area contributed by atoms with Gasteiger partial charge in [0.1, 0.15) is 5.76 Å². The Kier molecular flexibility index (Phi) is 4.09. The van der Waals surface area contributed by atoms with E-state index in [1.165, 1.54) is 0 Å². The Labute approximate surface area is 111 Å². The smallest absolute Gasteiger partial charge is 0.320 e. The molecule has 2 rings (SSSR count). The topological polar surface area (TPSA) is 74.0 Å². The number of carboxylic acid groups (broad SMARTS) is 1. The zero-order valence-corrected chi connectivity index (χ0v) is 10.9. The van der Waals surface area contributed by atoms with E-state index in [0.29, 0.717) is 26.1 Å². The quantitative estimate of drug-likeness (QED) is 0.879. The van der Waals surface area contributed by atoms with Crippen LogP contribution in [0.3, 0.4) is 0 Å². The van der Waals surface area contributed by atoms with Gasteiger partial charge >= 0.3 is 12.0 Å². The minimum Gasteiger partial charge on any atom is -0.481 e. The number of rotatable bonds is 5. The molecule has 2 amide bonds. The molecule has 1 aliphatic rings. The highest BCUT2D eigenvalue weighted by Gasteiger charge is 2.30. The number of carbonyl (C=O) groups excluding carboxylic acids is 1. The average molecular weight is 266 g/mol. The van der Waals surface area contributed by atoms with Crippen LogP contribution in [0.4, 0.5) is 4.79 Å². The van der Waals surface area contributed by atoms with E-state index in [1.807, 2.05) is 6.07 Å². The molecule has 0 aliphatic carbocycles. The van der Waals surface area contributed by atoms with E-state index < -0.39 is 5.97 Å².